The molecule has 22 heavy (non-hydrogen) atoms. The smallest absolute Gasteiger partial charge is 0.125 e. The van der Waals surface area contributed by atoms with E-state index in [2.05, 4.69) is 45.0 Å². The molecule has 0 aliphatic carbocycles. The van der Waals surface area contributed by atoms with E-state index in [1.165, 1.54) is 30.6 Å². The summed E-state index contributed by atoms with van der Waals surface area (Å²) in [5.74, 6) is 1.54. The third-order valence-electron chi connectivity index (χ3n) is 4.29. The summed E-state index contributed by atoms with van der Waals surface area (Å²) in [6, 6.07) is 6.33. The third-order valence-corrected chi connectivity index (χ3v) is 4.29. The van der Waals surface area contributed by atoms with E-state index in [0.717, 1.165) is 31.0 Å². The average molecular weight is 296 g/mol. The summed E-state index contributed by atoms with van der Waals surface area (Å²) in [5, 5.41) is 0. The van der Waals surface area contributed by atoms with Crippen molar-refractivity contribution in [1.82, 2.24) is 19.9 Å². The molecule has 0 spiro atoms. The van der Waals surface area contributed by atoms with Gasteiger partial charge in [-0.3, -0.25) is 9.88 Å². The summed E-state index contributed by atoms with van der Waals surface area (Å²) in [6.45, 7) is 7.26. The second kappa shape index (κ2) is 6.97. The Hall–Kier alpha value is -1.81. The van der Waals surface area contributed by atoms with Crippen molar-refractivity contribution < 1.29 is 0 Å². The van der Waals surface area contributed by atoms with Crippen LogP contribution in [0.1, 0.15) is 35.6 Å². The zero-order valence-electron chi connectivity index (χ0n) is 13.5. The fraction of sp³-hybridized carbons (Fsp3) is 0.500. The van der Waals surface area contributed by atoms with Crippen molar-refractivity contribution in [3.63, 3.8) is 0 Å². The molecular weight excluding hydrogens is 272 g/mol. The number of piperidine rings is 1. The molecule has 1 aliphatic rings. The largest absolute Gasteiger partial charge is 0.299 e. The van der Waals surface area contributed by atoms with E-state index in [1.807, 2.05) is 19.3 Å². The van der Waals surface area contributed by atoms with Crippen LogP contribution in [0, 0.1) is 19.8 Å². The molecule has 2 aromatic heterocycles. The monoisotopic (exact) mass is 296 g/mol. The van der Waals surface area contributed by atoms with Crippen LogP contribution in [0.5, 0.6) is 0 Å². The van der Waals surface area contributed by atoms with Gasteiger partial charge in [0, 0.05) is 42.4 Å². The minimum atomic E-state index is 0.703. The van der Waals surface area contributed by atoms with Crippen molar-refractivity contribution in [3.8, 4) is 0 Å². The molecule has 1 saturated heterocycles. The quantitative estimate of drug-likeness (QED) is 0.870. The zero-order chi connectivity index (χ0) is 15.4. The van der Waals surface area contributed by atoms with Gasteiger partial charge in [0.05, 0.1) is 0 Å². The highest BCUT2D eigenvalue weighted by atomic mass is 15.1. The highest BCUT2D eigenvalue weighted by molar-refractivity contribution is 5.11. The fourth-order valence-electron chi connectivity index (χ4n) is 3.23. The first-order valence-corrected chi connectivity index (χ1v) is 8.11. The van der Waals surface area contributed by atoms with Gasteiger partial charge >= 0.3 is 0 Å². The van der Waals surface area contributed by atoms with E-state index in [9.17, 15) is 0 Å². The van der Waals surface area contributed by atoms with Gasteiger partial charge in [0.25, 0.3) is 0 Å². The van der Waals surface area contributed by atoms with Gasteiger partial charge < -0.3 is 0 Å². The highest BCUT2D eigenvalue weighted by Crippen LogP contribution is 2.21. The predicted molar refractivity (Wildman–Crippen MR) is 87.4 cm³/mol. The van der Waals surface area contributed by atoms with Crippen molar-refractivity contribution in [1.29, 1.82) is 0 Å². The highest BCUT2D eigenvalue weighted by Gasteiger charge is 2.20. The Morgan fingerprint density at radius 3 is 2.77 bits per heavy atom. The van der Waals surface area contributed by atoms with Crippen LogP contribution in [-0.4, -0.2) is 32.9 Å². The van der Waals surface area contributed by atoms with E-state index in [1.54, 1.807) is 0 Å². The topological polar surface area (TPSA) is 41.9 Å². The molecule has 3 heterocycles. The number of pyridine rings is 1. The van der Waals surface area contributed by atoms with Crippen LogP contribution in [0.15, 0.2) is 30.6 Å². The average Bonchev–Trinajstić information content (AvgIpc) is 2.50. The summed E-state index contributed by atoms with van der Waals surface area (Å²) in [7, 11) is 0. The first kappa shape index (κ1) is 15.1. The molecule has 1 atom stereocenters. The van der Waals surface area contributed by atoms with Gasteiger partial charge in [-0.1, -0.05) is 6.07 Å². The van der Waals surface area contributed by atoms with Crippen LogP contribution in [0.4, 0.5) is 0 Å². The van der Waals surface area contributed by atoms with E-state index >= 15 is 0 Å². The lowest BCUT2D eigenvalue weighted by atomic mass is 9.93. The Labute approximate surface area is 132 Å². The number of likely N-dealkylation sites (tertiary alicyclic amines) is 1. The van der Waals surface area contributed by atoms with Gasteiger partial charge in [0.1, 0.15) is 5.82 Å². The van der Waals surface area contributed by atoms with E-state index in [0.29, 0.717) is 5.92 Å². The molecule has 4 heteroatoms. The summed E-state index contributed by atoms with van der Waals surface area (Å²) in [4.78, 5) is 15.8. The van der Waals surface area contributed by atoms with Crippen LogP contribution in [0.2, 0.25) is 0 Å². The molecule has 0 bridgehead atoms. The standard InChI is InChI=1S/C18H24N4/c1-14-5-3-7-18(21-14)9-16-6-4-8-22(12-16)13-17-10-19-15(2)20-11-17/h3,5,7,10-11,16H,4,6,8-9,12-13H2,1-2H3. The molecule has 0 amide bonds. The minimum absolute atomic E-state index is 0.703. The first-order chi connectivity index (χ1) is 10.7. The molecule has 0 radical (unpaired) electrons. The van der Waals surface area contributed by atoms with Gasteiger partial charge in [-0.2, -0.15) is 0 Å². The maximum Gasteiger partial charge on any atom is 0.125 e. The number of rotatable bonds is 4. The van der Waals surface area contributed by atoms with Crippen molar-refractivity contribution in [2.75, 3.05) is 13.1 Å². The Morgan fingerprint density at radius 2 is 2.00 bits per heavy atom. The second-order valence-electron chi connectivity index (χ2n) is 6.36. The van der Waals surface area contributed by atoms with Crippen molar-refractivity contribution in [2.24, 2.45) is 5.92 Å². The summed E-state index contributed by atoms with van der Waals surface area (Å²) >= 11 is 0. The fourth-order valence-corrected chi connectivity index (χ4v) is 3.23. The van der Waals surface area contributed by atoms with Crippen LogP contribution in [0.3, 0.4) is 0 Å². The molecule has 2 aromatic rings. The lowest BCUT2D eigenvalue weighted by molar-refractivity contribution is 0.166. The van der Waals surface area contributed by atoms with Crippen LogP contribution in [-0.2, 0) is 13.0 Å². The zero-order valence-corrected chi connectivity index (χ0v) is 13.5. The minimum Gasteiger partial charge on any atom is -0.299 e. The van der Waals surface area contributed by atoms with Crippen LogP contribution < -0.4 is 0 Å². The van der Waals surface area contributed by atoms with Crippen molar-refractivity contribution in [3.05, 3.63) is 53.4 Å². The van der Waals surface area contributed by atoms with E-state index in [4.69, 9.17) is 0 Å². The maximum absolute atomic E-state index is 4.65. The number of hydrogen-bond acceptors (Lipinski definition) is 4. The van der Waals surface area contributed by atoms with Crippen LogP contribution in [0.25, 0.3) is 0 Å². The molecule has 116 valence electrons. The third kappa shape index (κ3) is 4.10. The van der Waals surface area contributed by atoms with Gasteiger partial charge in [0.15, 0.2) is 0 Å². The first-order valence-electron chi connectivity index (χ1n) is 8.11. The Kier molecular flexibility index (Phi) is 4.78. The predicted octanol–water partition coefficient (Wildman–Crippen LogP) is 2.94. The van der Waals surface area contributed by atoms with Gasteiger partial charge in [-0.15, -0.1) is 0 Å². The molecule has 1 unspecified atom stereocenters. The van der Waals surface area contributed by atoms with E-state index in [-0.39, 0.29) is 0 Å². The molecule has 3 rings (SSSR count). The summed E-state index contributed by atoms with van der Waals surface area (Å²) in [5.41, 5.74) is 3.55. The lowest BCUT2D eigenvalue weighted by Gasteiger charge is -2.32. The Balaban J connectivity index is 1.58. The molecule has 1 fully saturated rings. The van der Waals surface area contributed by atoms with Gasteiger partial charge in [-0.25, -0.2) is 9.97 Å². The second-order valence-corrected chi connectivity index (χ2v) is 6.36. The molecule has 0 saturated carbocycles. The number of aromatic nitrogens is 3. The summed E-state index contributed by atoms with van der Waals surface area (Å²) < 4.78 is 0. The number of nitrogens with zero attached hydrogens (tertiary/aromatic N) is 4. The Bertz CT molecular complexity index is 609. The molecular formula is C18H24N4. The van der Waals surface area contributed by atoms with Gasteiger partial charge in [0.2, 0.25) is 0 Å². The van der Waals surface area contributed by atoms with Crippen LogP contribution >= 0.6 is 0 Å². The molecule has 1 aliphatic heterocycles. The Morgan fingerprint density at radius 1 is 1.18 bits per heavy atom. The van der Waals surface area contributed by atoms with Gasteiger partial charge in [-0.05, 0) is 57.7 Å². The number of hydrogen-bond donors (Lipinski definition) is 0. The summed E-state index contributed by atoms with van der Waals surface area (Å²) in [6.07, 6.45) is 7.56. The molecule has 4 nitrogen and oxygen atoms in total. The van der Waals surface area contributed by atoms with Crippen molar-refractivity contribution in [2.45, 2.75) is 39.7 Å². The van der Waals surface area contributed by atoms with E-state index < -0.39 is 0 Å². The molecule has 0 N–H and O–H groups in total. The molecule has 0 aromatic carbocycles. The normalized spacial score (nSPS) is 19.3. The SMILES string of the molecule is Cc1cccc(CC2CCCN(Cc3cnc(C)nc3)C2)n1. The van der Waals surface area contributed by atoms with Crippen molar-refractivity contribution >= 4 is 0 Å². The lowest BCUT2D eigenvalue weighted by Crippen LogP contribution is -2.35. The number of aryl methyl sites for hydroxylation is 2. The maximum atomic E-state index is 4.65.